The fraction of sp³-hybridized carbons (Fsp3) is 0.800. The lowest BCUT2D eigenvalue weighted by Gasteiger charge is -2.13. The molecule has 0 heterocycles. The van der Waals surface area contributed by atoms with E-state index in [9.17, 15) is 0 Å². The van der Waals surface area contributed by atoms with E-state index in [1.807, 2.05) is 20.8 Å². The average molecular weight is 102 g/mol. The van der Waals surface area contributed by atoms with Gasteiger partial charge in [-0.15, -0.1) is 0 Å². The lowest BCUT2D eigenvalue weighted by Crippen LogP contribution is -2.10. The van der Waals surface area contributed by atoms with Crippen LogP contribution in [0.1, 0.15) is 20.8 Å². The van der Waals surface area contributed by atoms with E-state index in [2.05, 4.69) is 4.84 Å². The van der Waals surface area contributed by atoms with Gasteiger partial charge in [0.1, 0.15) is 6.61 Å². The molecule has 1 radical (unpaired) electrons. The molecule has 0 aromatic heterocycles. The predicted molar refractivity (Wildman–Crippen MR) is 29.0 cm³/mol. The summed E-state index contributed by atoms with van der Waals surface area (Å²) in [6.45, 7) is 7.63. The van der Waals surface area contributed by atoms with E-state index in [1.54, 1.807) is 6.61 Å². The van der Waals surface area contributed by atoms with Crippen LogP contribution in [0.25, 0.3) is 0 Å². The summed E-state index contributed by atoms with van der Waals surface area (Å²) in [5, 5.41) is 0. The Labute approximate surface area is 44.6 Å². The average Bonchev–Trinajstić information content (AvgIpc) is 1.30. The molecule has 0 aliphatic heterocycles. The molecule has 0 aromatic carbocycles. The third-order valence-electron chi connectivity index (χ3n) is 0.422. The first kappa shape index (κ1) is 6.92. The van der Waals surface area contributed by atoms with E-state index in [4.69, 9.17) is 5.90 Å². The quantitative estimate of drug-likeness (QED) is 0.503. The van der Waals surface area contributed by atoms with Crippen molar-refractivity contribution in [2.24, 2.45) is 11.3 Å². The molecule has 0 bridgehead atoms. The molecule has 0 spiro atoms. The van der Waals surface area contributed by atoms with Crippen LogP contribution in [0.15, 0.2) is 0 Å². The molecule has 43 valence electrons. The Morgan fingerprint density at radius 3 is 1.86 bits per heavy atom. The summed E-state index contributed by atoms with van der Waals surface area (Å²) < 4.78 is 0. The van der Waals surface area contributed by atoms with Crippen molar-refractivity contribution in [3.63, 3.8) is 0 Å². The summed E-state index contributed by atoms with van der Waals surface area (Å²) in [6, 6.07) is 0. The van der Waals surface area contributed by atoms with Crippen LogP contribution in [0.2, 0.25) is 0 Å². The molecule has 2 N–H and O–H groups in total. The Hall–Kier alpha value is -0.0800. The molecule has 0 aliphatic rings. The monoisotopic (exact) mass is 102 g/mol. The molecule has 0 unspecified atom stereocenters. The maximum absolute atomic E-state index is 4.76. The van der Waals surface area contributed by atoms with E-state index < -0.39 is 0 Å². The number of hydrogen-bond donors (Lipinski definition) is 1. The second kappa shape index (κ2) is 2.28. The first-order valence-electron chi connectivity index (χ1n) is 2.26. The molecule has 0 aromatic rings. The molecule has 0 amide bonds. The zero-order chi connectivity index (χ0) is 5.91. The Morgan fingerprint density at radius 2 is 1.86 bits per heavy atom. The molecule has 0 atom stereocenters. The van der Waals surface area contributed by atoms with Gasteiger partial charge in [0.25, 0.3) is 0 Å². The van der Waals surface area contributed by atoms with Gasteiger partial charge in [-0.05, 0) is 5.41 Å². The molecule has 2 heteroatoms. The highest BCUT2D eigenvalue weighted by Crippen LogP contribution is 2.15. The highest BCUT2D eigenvalue weighted by molar-refractivity contribution is 4.69. The van der Waals surface area contributed by atoms with Crippen LogP contribution in [0.5, 0.6) is 0 Å². The standard InChI is InChI=1S/C5H12NO/c1-5(2,3)4-7-6/h4H,6H2,1-3H3. The summed E-state index contributed by atoms with van der Waals surface area (Å²) in [5.41, 5.74) is 0.0781. The SMILES string of the molecule is CC(C)(C)[CH]ON. The van der Waals surface area contributed by atoms with Gasteiger partial charge in [-0.3, -0.25) is 4.84 Å². The predicted octanol–water partition coefficient (Wildman–Crippen LogP) is 1.08. The van der Waals surface area contributed by atoms with E-state index in [0.29, 0.717) is 0 Å². The van der Waals surface area contributed by atoms with Gasteiger partial charge in [0.15, 0.2) is 0 Å². The number of rotatable bonds is 1. The lowest BCUT2D eigenvalue weighted by atomic mass is 9.99. The maximum Gasteiger partial charge on any atom is 0.112 e. The van der Waals surface area contributed by atoms with Crippen molar-refractivity contribution in [1.29, 1.82) is 0 Å². The topological polar surface area (TPSA) is 35.2 Å². The van der Waals surface area contributed by atoms with Gasteiger partial charge in [-0.25, -0.2) is 5.90 Å². The number of nitrogens with two attached hydrogens (primary N) is 1. The Bertz CT molecular complexity index is 46.5. The second-order valence-electron chi connectivity index (χ2n) is 2.62. The summed E-state index contributed by atoms with van der Waals surface area (Å²) in [6.07, 6.45) is 0. The third-order valence-corrected chi connectivity index (χ3v) is 0.422. The van der Waals surface area contributed by atoms with Crippen LogP contribution >= 0.6 is 0 Å². The van der Waals surface area contributed by atoms with Crippen molar-refractivity contribution in [2.45, 2.75) is 20.8 Å². The minimum absolute atomic E-state index is 0.0781. The summed E-state index contributed by atoms with van der Waals surface area (Å²) in [7, 11) is 0. The van der Waals surface area contributed by atoms with Gasteiger partial charge >= 0.3 is 0 Å². The summed E-state index contributed by atoms with van der Waals surface area (Å²) in [5.74, 6) is 4.76. The van der Waals surface area contributed by atoms with Crippen molar-refractivity contribution in [1.82, 2.24) is 0 Å². The molecular weight excluding hydrogens is 90.1 g/mol. The largest absolute Gasteiger partial charge is 0.298 e. The highest BCUT2D eigenvalue weighted by Gasteiger charge is 2.08. The highest BCUT2D eigenvalue weighted by atomic mass is 16.6. The molecular formula is C5H12NO. The van der Waals surface area contributed by atoms with Gasteiger partial charge in [0.05, 0.1) is 0 Å². The fourth-order valence-electron chi connectivity index (χ4n) is 0.204. The zero-order valence-corrected chi connectivity index (χ0v) is 5.06. The lowest BCUT2D eigenvalue weighted by molar-refractivity contribution is 0.143. The Kier molecular flexibility index (Phi) is 2.26. The molecule has 0 saturated heterocycles. The molecule has 7 heavy (non-hydrogen) atoms. The van der Waals surface area contributed by atoms with Crippen LogP contribution in [0.3, 0.4) is 0 Å². The van der Waals surface area contributed by atoms with E-state index >= 15 is 0 Å². The molecule has 0 rings (SSSR count). The minimum Gasteiger partial charge on any atom is -0.298 e. The Balaban J connectivity index is 3.15. The van der Waals surface area contributed by atoms with Gasteiger partial charge in [-0.2, -0.15) is 0 Å². The smallest absolute Gasteiger partial charge is 0.112 e. The van der Waals surface area contributed by atoms with Gasteiger partial charge in [0.2, 0.25) is 0 Å². The van der Waals surface area contributed by atoms with E-state index in [1.165, 1.54) is 0 Å². The zero-order valence-electron chi connectivity index (χ0n) is 5.06. The van der Waals surface area contributed by atoms with Crippen molar-refractivity contribution >= 4 is 0 Å². The van der Waals surface area contributed by atoms with E-state index in [-0.39, 0.29) is 5.41 Å². The van der Waals surface area contributed by atoms with Crippen LogP contribution in [0, 0.1) is 12.0 Å². The van der Waals surface area contributed by atoms with Crippen molar-refractivity contribution < 1.29 is 4.84 Å². The van der Waals surface area contributed by atoms with Crippen molar-refractivity contribution in [2.75, 3.05) is 0 Å². The van der Waals surface area contributed by atoms with Crippen LogP contribution in [-0.4, -0.2) is 0 Å². The van der Waals surface area contributed by atoms with Gasteiger partial charge in [-0.1, -0.05) is 20.8 Å². The van der Waals surface area contributed by atoms with Crippen LogP contribution < -0.4 is 5.90 Å². The van der Waals surface area contributed by atoms with Crippen molar-refractivity contribution in [3.8, 4) is 0 Å². The van der Waals surface area contributed by atoms with E-state index in [0.717, 1.165) is 0 Å². The number of hydrogen-bond acceptors (Lipinski definition) is 2. The molecule has 2 nitrogen and oxygen atoms in total. The van der Waals surface area contributed by atoms with Crippen LogP contribution in [-0.2, 0) is 4.84 Å². The molecule has 0 saturated carbocycles. The van der Waals surface area contributed by atoms with Gasteiger partial charge < -0.3 is 0 Å². The summed E-state index contributed by atoms with van der Waals surface area (Å²) in [4.78, 5) is 4.28. The molecule has 0 aliphatic carbocycles. The maximum atomic E-state index is 4.76. The third kappa shape index (κ3) is 5.92. The Morgan fingerprint density at radius 1 is 1.43 bits per heavy atom. The minimum atomic E-state index is 0.0781. The summed E-state index contributed by atoms with van der Waals surface area (Å²) >= 11 is 0. The normalized spacial score (nSPS) is 12.0. The first-order valence-corrected chi connectivity index (χ1v) is 2.26. The first-order chi connectivity index (χ1) is 3.06. The fourth-order valence-corrected chi connectivity index (χ4v) is 0.204. The van der Waals surface area contributed by atoms with Crippen molar-refractivity contribution in [3.05, 3.63) is 6.61 Å². The molecule has 0 fully saturated rings. The van der Waals surface area contributed by atoms with Crippen LogP contribution in [0.4, 0.5) is 0 Å². The second-order valence-corrected chi connectivity index (χ2v) is 2.62. The van der Waals surface area contributed by atoms with Gasteiger partial charge in [0, 0.05) is 0 Å².